The Bertz CT molecular complexity index is 569. The van der Waals surface area contributed by atoms with Crippen molar-refractivity contribution < 1.29 is 21.5 Å². The van der Waals surface area contributed by atoms with E-state index in [2.05, 4.69) is 79.5 Å². The summed E-state index contributed by atoms with van der Waals surface area (Å²) in [7, 11) is -1.58. The van der Waals surface area contributed by atoms with Crippen molar-refractivity contribution in [2.75, 3.05) is 0 Å². The monoisotopic (exact) mass is 462 g/mol. The van der Waals surface area contributed by atoms with Gasteiger partial charge in [-0.15, -0.1) is 0 Å². The summed E-state index contributed by atoms with van der Waals surface area (Å²) >= 11 is 0. The number of H-pyrrole nitrogens is 1. The molecule has 0 unspecified atom stereocenters. The van der Waals surface area contributed by atoms with Crippen LogP contribution in [0.15, 0.2) is 18.3 Å². The van der Waals surface area contributed by atoms with Gasteiger partial charge in [0.2, 0.25) is 0 Å². The Balaban J connectivity index is -0.000000187. The van der Waals surface area contributed by atoms with Gasteiger partial charge in [-0.2, -0.15) is 27.8 Å². The molecule has 2 rings (SSSR count). The third kappa shape index (κ3) is 10.3. The molecule has 0 radical (unpaired) electrons. The van der Waals surface area contributed by atoms with Gasteiger partial charge in [-0.3, -0.25) is 0 Å². The van der Waals surface area contributed by atoms with Gasteiger partial charge >= 0.3 is 17.1 Å². The summed E-state index contributed by atoms with van der Waals surface area (Å²) in [5.74, 6) is 0. The summed E-state index contributed by atoms with van der Waals surface area (Å²) in [6.45, 7) is 27.0. The van der Waals surface area contributed by atoms with Gasteiger partial charge in [0.05, 0.1) is 6.61 Å². The fraction of sp³-hybridized carbons (Fsp3) is 0.560. The van der Waals surface area contributed by atoms with Crippen molar-refractivity contribution in [3.63, 3.8) is 0 Å². The van der Waals surface area contributed by atoms with E-state index in [1.165, 1.54) is 27.8 Å². The quantitative estimate of drug-likeness (QED) is 0.359. The van der Waals surface area contributed by atoms with Crippen LogP contribution in [0.2, 0.25) is 18.1 Å². The van der Waals surface area contributed by atoms with Gasteiger partial charge in [-0.1, -0.05) is 69.2 Å². The number of aromatic amines is 1. The van der Waals surface area contributed by atoms with Crippen molar-refractivity contribution in [3.8, 4) is 0 Å². The van der Waals surface area contributed by atoms with Crippen molar-refractivity contribution in [3.05, 3.63) is 66.7 Å². The first-order valence-electron chi connectivity index (χ1n) is 9.84. The van der Waals surface area contributed by atoms with Crippen molar-refractivity contribution in [2.24, 2.45) is 0 Å². The molecule has 0 bridgehead atoms. The van der Waals surface area contributed by atoms with Crippen LogP contribution in [0.3, 0.4) is 0 Å². The van der Waals surface area contributed by atoms with E-state index in [1.54, 1.807) is 0 Å². The number of hydrogen-bond acceptors (Lipinski definition) is 1. The molecule has 0 spiro atoms. The van der Waals surface area contributed by atoms with E-state index in [1.807, 2.05) is 26.1 Å². The Morgan fingerprint density at radius 2 is 1.38 bits per heavy atom. The Labute approximate surface area is 195 Å². The van der Waals surface area contributed by atoms with Gasteiger partial charge < -0.3 is 24.3 Å². The first-order chi connectivity index (χ1) is 11.9. The smallest absolute Gasteiger partial charge is 0.411 e. The molecule has 0 fully saturated rings. The molecule has 0 saturated carbocycles. The molecule has 0 aliphatic rings. The predicted molar refractivity (Wildman–Crippen MR) is 133 cm³/mol. The van der Waals surface area contributed by atoms with Crippen molar-refractivity contribution in [2.45, 2.75) is 94.0 Å². The fourth-order valence-corrected chi connectivity index (χ4v) is 3.29. The fourth-order valence-electron chi connectivity index (χ4n) is 2.34. The Hall–Kier alpha value is -0.674. The van der Waals surface area contributed by atoms with E-state index in [4.69, 9.17) is 4.43 Å². The summed E-state index contributed by atoms with van der Waals surface area (Å²) in [6.07, 6.45) is 1.93. The van der Waals surface area contributed by atoms with Gasteiger partial charge in [0.1, 0.15) is 0 Å². The third-order valence-corrected chi connectivity index (χ3v) is 10.3. The first-order valence-corrected chi connectivity index (χ1v) is 12.7. The topological polar surface area (TPSA) is 25.0 Å². The molecular formula is C25H48FeNOSi-. The van der Waals surface area contributed by atoms with Crippen LogP contribution >= 0.6 is 0 Å². The molecule has 1 aromatic heterocycles. The summed E-state index contributed by atoms with van der Waals surface area (Å²) in [5.41, 5.74) is 8.50. The molecular weight excluding hydrogens is 414 g/mol. The Morgan fingerprint density at radius 1 is 0.966 bits per heavy atom. The molecule has 0 aliphatic carbocycles. The second-order valence-electron chi connectivity index (χ2n) is 8.37. The molecule has 2 nitrogen and oxygen atoms in total. The van der Waals surface area contributed by atoms with Crippen LogP contribution < -0.4 is 0 Å². The predicted octanol–water partition coefficient (Wildman–Crippen LogP) is 8.41. The van der Waals surface area contributed by atoms with Crippen LogP contribution in [0.25, 0.3) is 0 Å². The van der Waals surface area contributed by atoms with Crippen LogP contribution in [0.1, 0.15) is 68.1 Å². The minimum absolute atomic E-state index is 0. The zero-order valence-electron chi connectivity index (χ0n) is 21.7. The zero-order valence-corrected chi connectivity index (χ0v) is 23.8. The molecule has 4 heteroatoms. The van der Waals surface area contributed by atoms with Crippen LogP contribution in [0, 0.1) is 49.5 Å². The maximum atomic E-state index is 6.05. The normalized spacial score (nSPS) is 10.2. The second-order valence-corrected chi connectivity index (χ2v) is 13.2. The Morgan fingerprint density at radius 3 is 1.62 bits per heavy atom. The molecule has 2 aromatic rings. The van der Waals surface area contributed by atoms with E-state index in [0.29, 0.717) is 11.6 Å². The van der Waals surface area contributed by atoms with E-state index in [9.17, 15) is 0 Å². The largest absolute Gasteiger partial charge is 2.00 e. The zero-order chi connectivity index (χ0) is 20.7. The molecule has 29 heavy (non-hydrogen) atoms. The summed E-state index contributed by atoms with van der Waals surface area (Å²) < 4.78 is 6.05. The Kier molecular flexibility index (Phi) is 18.7. The van der Waals surface area contributed by atoms with E-state index in [0.717, 1.165) is 5.69 Å². The SMILES string of the molecule is CC.CC(C)(C)[Si](C)(C)OCc1ccc[nH]1.Cc1c(C)c(C)[c-](C)c1C.[CH3-].[CH3-].[Fe+2]. The van der Waals surface area contributed by atoms with Crippen LogP contribution in [-0.2, 0) is 28.1 Å². The summed E-state index contributed by atoms with van der Waals surface area (Å²) in [4.78, 5) is 3.16. The minimum atomic E-state index is -1.58. The van der Waals surface area contributed by atoms with Crippen LogP contribution in [0.5, 0.6) is 0 Å². The molecule has 0 aliphatic heterocycles. The average Bonchev–Trinajstić information content (AvgIpc) is 3.16. The number of nitrogens with one attached hydrogen (secondary N) is 1. The minimum Gasteiger partial charge on any atom is -0.411 e. The summed E-state index contributed by atoms with van der Waals surface area (Å²) in [6, 6.07) is 4.07. The molecule has 0 saturated heterocycles. The molecule has 172 valence electrons. The van der Waals surface area contributed by atoms with Gasteiger partial charge in [0.15, 0.2) is 8.32 Å². The molecule has 1 heterocycles. The van der Waals surface area contributed by atoms with Crippen molar-refractivity contribution >= 4 is 8.32 Å². The first kappa shape index (κ1) is 35.7. The van der Waals surface area contributed by atoms with Crippen LogP contribution in [0.4, 0.5) is 0 Å². The van der Waals surface area contributed by atoms with Gasteiger partial charge in [-0.25, -0.2) is 0 Å². The second kappa shape index (κ2) is 15.2. The van der Waals surface area contributed by atoms with Gasteiger partial charge in [0, 0.05) is 11.9 Å². The molecule has 0 atom stereocenters. The standard InChI is InChI=1S/C11H21NOSi.C10H15.C2H6.2CH3.Fe/c1-11(2,3)14(4,5)13-9-10-7-6-8-12-10;1-6-7(2)9(4)10(5)8(6)3;1-2;;;/h6-8,12H,9H2,1-5H3;1-5H3;1-2H3;2*1H3;/q;-1;;2*-1;+2. The molecule has 1 N–H and O–H groups in total. The van der Waals surface area contributed by atoms with E-state index >= 15 is 0 Å². The van der Waals surface area contributed by atoms with Gasteiger partial charge in [0.25, 0.3) is 0 Å². The third-order valence-electron chi connectivity index (χ3n) is 5.87. The number of hydrogen-bond donors (Lipinski definition) is 1. The van der Waals surface area contributed by atoms with Crippen LogP contribution in [-0.4, -0.2) is 13.3 Å². The van der Waals surface area contributed by atoms with Gasteiger partial charge in [-0.05, 0) is 30.3 Å². The maximum Gasteiger partial charge on any atom is 2.00 e. The van der Waals surface area contributed by atoms with E-state index in [-0.39, 0.29) is 31.9 Å². The number of aromatic nitrogens is 1. The average molecular weight is 463 g/mol. The maximum absolute atomic E-state index is 6.05. The number of rotatable bonds is 3. The van der Waals surface area contributed by atoms with Crippen molar-refractivity contribution in [1.29, 1.82) is 0 Å². The van der Waals surface area contributed by atoms with E-state index < -0.39 is 8.32 Å². The summed E-state index contributed by atoms with van der Waals surface area (Å²) in [5, 5.41) is 0.291. The molecule has 0 amide bonds. The molecule has 1 aromatic carbocycles. The van der Waals surface area contributed by atoms with Crippen molar-refractivity contribution in [1.82, 2.24) is 4.98 Å².